The Labute approximate surface area is 173 Å². The number of rotatable bonds is 7. The van der Waals surface area contributed by atoms with Crippen LogP contribution in [0.1, 0.15) is 0 Å². The van der Waals surface area contributed by atoms with Crippen molar-refractivity contribution >= 4 is 44.0 Å². The molecule has 2 aromatic carbocycles. The molecule has 0 aliphatic rings. The number of aromatic nitrogens is 2. The van der Waals surface area contributed by atoms with Gasteiger partial charge in [0.05, 0.1) is 47.8 Å². The molecule has 0 radical (unpaired) electrons. The summed E-state index contributed by atoms with van der Waals surface area (Å²) in [5, 5.41) is 3.89. The van der Waals surface area contributed by atoms with Gasteiger partial charge in [-0.3, -0.25) is 0 Å². The lowest BCUT2D eigenvalue weighted by molar-refractivity contribution is 0.327. The molecule has 0 unspecified atom stereocenters. The van der Waals surface area contributed by atoms with Gasteiger partial charge in [-0.15, -0.1) is 0 Å². The third kappa shape index (κ3) is 3.86. The summed E-state index contributed by atoms with van der Waals surface area (Å²) in [4.78, 5) is 8.59. The molecule has 0 amide bonds. The molecule has 29 heavy (non-hydrogen) atoms. The van der Waals surface area contributed by atoms with E-state index in [9.17, 15) is 8.42 Å². The van der Waals surface area contributed by atoms with Gasteiger partial charge in [0.15, 0.2) is 11.5 Å². The summed E-state index contributed by atoms with van der Waals surface area (Å²) >= 11 is 6.27. The summed E-state index contributed by atoms with van der Waals surface area (Å²) in [6.07, 6.45) is 1.36. The van der Waals surface area contributed by atoms with Crippen molar-refractivity contribution in [2.45, 2.75) is 4.90 Å². The lowest BCUT2D eigenvalue weighted by Crippen LogP contribution is -2.18. The number of halogens is 1. The highest BCUT2D eigenvalue weighted by atomic mass is 35.5. The number of nitrogens with zero attached hydrogens (tertiary/aromatic N) is 2. The molecular weight excluding hydrogens is 420 g/mol. The molecule has 154 valence electrons. The molecule has 2 N–H and O–H groups in total. The Morgan fingerprint density at radius 1 is 1.00 bits per heavy atom. The van der Waals surface area contributed by atoms with Crippen LogP contribution in [0.5, 0.6) is 17.2 Å². The fraction of sp³-hybridized carbons (Fsp3) is 0.222. The normalized spacial score (nSPS) is 11.3. The zero-order valence-electron chi connectivity index (χ0n) is 16.1. The molecule has 1 heterocycles. The van der Waals surface area contributed by atoms with E-state index in [0.29, 0.717) is 44.7 Å². The fourth-order valence-electron chi connectivity index (χ4n) is 2.79. The van der Waals surface area contributed by atoms with Gasteiger partial charge < -0.3 is 19.5 Å². The van der Waals surface area contributed by atoms with Gasteiger partial charge in [-0.1, -0.05) is 11.6 Å². The van der Waals surface area contributed by atoms with Crippen molar-refractivity contribution in [2.75, 3.05) is 33.7 Å². The van der Waals surface area contributed by atoms with Crippen molar-refractivity contribution in [1.82, 2.24) is 14.7 Å². The van der Waals surface area contributed by atoms with Crippen LogP contribution in [0.15, 0.2) is 35.5 Å². The number of benzene rings is 2. The number of anilines is 2. The number of hydrogen-bond donors (Lipinski definition) is 2. The van der Waals surface area contributed by atoms with Crippen molar-refractivity contribution in [3.63, 3.8) is 0 Å². The molecule has 11 heteroatoms. The second-order valence-electron chi connectivity index (χ2n) is 5.74. The maximum Gasteiger partial charge on any atom is 0.240 e. The predicted octanol–water partition coefficient (Wildman–Crippen LogP) is 2.96. The molecule has 0 bridgehead atoms. The van der Waals surface area contributed by atoms with Crippen LogP contribution in [0.25, 0.3) is 10.9 Å². The van der Waals surface area contributed by atoms with E-state index in [1.54, 1.807) is 6.07 Å². The lowest BCUT2D eigenvalue weighted by Gasteiger charge is -2.17. The van der Waals surface area contributed by atoms with Gasteiger partial charge >= 0.3 is 0 Å². The first-order valence-corrected chi connectivity index (χ1v) is 10.2. The minimum Gasteiger partial charge on any atom is -0.493 e. The highest BCUT2D eigenvalue weighted by molar-refractivity contribution is 7.89. The first-order valence-electron chi connectivity index (χ1n) is 8.30. The van der Waals surface area contributed by atoms with Gasteiger partial charge in [0, 0.05) is 6.07 Å². The first-order chi connectivity index (χ1) is 13.9. The number of sulfonamides is 1. The van der Waals surface area contributed by atoms with Gasteiger partial charge in [0.2, 0.25) is 15.8 Å². The molecule has 9 nitrogen and oxygen atoms in total. The van der Waals surface area contributed by atoms with Crippen LogP contribution >= 0.6 is 11.6 Å². The van der Waals surface area contributed by atoms with Gasteiger partial charge in [-0.2, -0.15) is 0 Å². The number of fused-ring (bicyclic) bond motifs is 1. The minimum absolute atomic E-state index is 0.0523. The predicted molar refractivity (Wildman–Crippen MR) is 110 cm³/mol. The van der Waals surface area contributed by atoms with Crippen LogP contribution < -0.4 is 24.2 Å². The van der Waals surface area contributed by atoms with Crippen LogP contribution in [0.4, 0.5) is 11.5 Å². The average Bonchev–Trinajstić information content (AvgIpc) is 2.73. The zero-order chi connectivity index (χ0) is 21.2. The highest BCUT2D eigenvalue weighted by Gasteiger charge is 2.21. The molecule has 0 aliphatic heterocycles. The van der Waals surface area contributed by atoms with Crippen molar-refractivity contribution in [1.29, 1.82) is 0 Å². The van der Waals surface area contributed by atoms with Crippen molar-refractivity contribution < 1.29 is 22.6 Å². The van der Waals surface area contributed by atoms with E-state index in [4.69, 9.17) is 25.8 Å². The molecule has 1 aromatic heterocycles. The molecule has 0 atom stereocenters. The van der Waals surface area contributed by atoms with Gasteiger partial charge in [0.1, 0.15) is 12.1 Å². The molecule has 0 spiro atoms. The Kier molecular flexibility index (Phi) is 5.96. The molecule has 0 aliphatic carbocycles. The summed E-state index contributed by atoms with van der Waals surface area (Å²) in [6.45, 7) is 0. The minimum atomic E-state index is -3.65. The fourth-order valence-corrected chi connectivity index (χ4v) is 3.72. The first kappa shape index (κ1) is 20.9. The third-order valence-electron chi connectivity index (χ3n) is 4.20. The standard InChI is InChI=1S/C18H19ClN4O5S/c1-20-29(24,25)10-5-6-11(19)12(7-10)23-18-15-13(21-9-22-18)8-14(26-2)16(27-3)17(15)28-4/h5-9,20H,1-4H3,(H,21,22,23). The van der Waals surface area contributed by atoms with Crippen LogP contribution in [0.2, 0.25) is 5.02 Å². The van der Waals surface area contributed by atoms with E-state index in [1.807, 2.05) is 0 Å². The van der Waals surface area contributed by atoms with Crippen molar-refractivity contribution in [3.8, 4) is 17.2 Å². The highest BCUT2D eigenvalue weighted by Crippen LogP contribution is 2.45. The summed E-state index contributed by atoms with van der Waals surface area (Å²) in [5.74, 6) is 1.54. The van der Waals surface area contributed by atoms with E-state index >= 15 is 0 Å². The lowest BCUT2D eigenvalue weighted by atomic mass is 10.1. The van der Waals surface area contributed by atoms with Crippen molar-refractivity contribution in [2.24, 2.45) is 0 Å². The Morgan fingerprint density at radius 3 is 2.34 bits per heavy atom. The van der Waals surface area contributed by atoms with Crippen LogP contribution in [-0.4, -0.2) is 46.8 Å². The largest absolute Gasteiger partial charge is 0.493 e. The summed E-state index contributed by atoms with van der Waals surface area (Å²) < 4.78 is 42.8. The topological polar surface area (TPSA) is 112 Å². The van der Waals surface area contributed by atoms with Crippen LogP contribution in [0.3, 0.4) is 0 Å². The van der Waals surface area contributed by atoms with E-state index in [-0.39, 0.29) is 4.90 Å². The number of nitrogens with one attached hydrogen (secondary N) is 2. The molecular formula is C18H19ClN4O5S. The smallest absolute Gasteiger partial charge is 0.240 e. The van der Waals surface area contributed by atoms with E-state index < -0.39 is 10.0 Å². The zero-order valence-corrected chi connectivity index (χ0v) is 17.7. The van der Waals surface area contributed by atoms with Crippen molar-refractivity contribution in [3.05, 3.63) is 35.6 Å². The Morgan fingerprint density at radius 2 is 1.72 bits per heavy atom. The summed E-state index contributed by atoms with van der Waals surface area (Å²) in [7, 11) is 2.18. The summed E-state index contributed by atoms with van der Waals surface area (Å²) in [6, 6.07) is 5.99. The Hall–Kier alpha value is -2.82. The van der Waals surface area contributed by atoms with E-state index in [0.717, 1.165) is 0 Å². The quantitative estimate of drug-likeness (QED) is 0.579. The SMILES string of the molecule is CNS(=O)(=O)c1ccc(Cl)c(Nc2ncnc3cc(OC)c(OC)c(OC)c23)c1. The maximum atomic E-state index is 12.1. The molecule has 3 rings (SSSR count). The van der Waals surface area contributed by atoms with Gasteiger partial charge in [-0.05, 0) is 25.2 Å². The van der Waals surface area contributed by atoms with Gasteiger partial charge in [0.25, 0.3) is 0 Å². The summed E-state index contributed by atoms with van der Waals surface area (Å²) in [5.41, 5.74) is 0.881. The average molecular weight is 439 g/mol. The second kappa shape index (κ2) is 8.27. The molecule has 0 saturated carbocycles. The maximum absolute atomic E-state index is 12.1. The molecule has 0 fully saturated rings. The Bertz CT molecular complexity index is 1170. The number of hydrogen-bond acceptors (Lipinski definition) is 8. The van der Waals surface area contributed by atoms with Crippen LogP contribution in [-0.2, 0) is 10.0 Å². The number of ether oxygens (including phenoxy) is 3. The molecule has 3 aromatic rings. The molecule has 0 saturated heterocycles. The van der Waals surface area contributed by atoms with Gasteiger partial charge in [-0.25, -0.2) is 23.1 Å². The number of methoxy groups -OCH3 is 3. The second-order valence-corrected chi connectivity index (χ2v) is 8.03. The van der Waals surface area contributed by atoms with E-state index in [2.05, 4.69) is 20.0 Å². The Balaban J connectivity index is 2.21. The monoisotopic (exact) mass is 438 g/mol. The third-order valence-corrected chi connectivity index (χ3v) is 5.94. The van der Waals surface area contributed by atoms with E-state index in [1.165, 1.54) is 52.9 Å². The van der Waals surface area contributed by atoms with Crippen LogP contribution in [0, 0.1) is 0 Å².